The van der Waals surface area contributed by atoms with Crippen LogP contribution in [0.25, 0.3) is 5.65 Å². The van der Waals surface area contributed by atoms with Crippen LogP contribution in [-0.2, 0) is 16.6 Å². The molecule has 0 aliphatic carbocycles. The van der Waals surface area contributed by atoms with Gasteiger partial charge in [0.05, 0.1) is 17.1 Å². The van der Waals surface area contributed by atoms with Gasteiger partial charge in [-0.2, -0.15) is 0 Å². The van der Waals surface area contributed by atoms with E-state index in [0.717, 1.165) is 11.2 Å². The van der Waals surface area contributed by atoms with E-state index in [1.165, 1.54) is 12.1 Å². The van der Waals surface area contributed by atoms with Gasteiger partial charge in [0.25, 0.3) is 5.91 Å². The Hall–Kier alpha value is -3.49. The number of imidazole rings is 1. The Morgan fingerprint density at radius 2 is 1.81 bits per heavy atom. The van der Waals surface area contributed by atoms with Gasteiger partial charge in [0.15, 0.2) is 0 Å². The Bertz CT molecular complexity index is 1280. The minimum Gasteiger partial charge on any atom is -0.346 e. The van der Waals surface area contributed by atoms with Gasteiger partial charge in [0.1, 0.15) is 5.65 Å². The van der Waals surface area contributed by atoms with Crippen molar-refractivity contribution in [2.75, 3.05) is 0 Å². The van der Waals surface area contributed by atoms with Crippen LogP contribution in [-0.4, -0.2) is 23.7 Å². The molecule has 158 valence electrons. The summed E-state index contributed by atoms with van der Waals surface area (Å²) in [5.74, 6) is -0.370. The van der Waals surface area contributed by atoms with Crippen LogP contribution in [0.1, 0.15) is 34.6 Å². The molecule has 4 rings (SSSR count). The van der Waals surface area contributed by atoms with Gasteiger partial charge in [-0.05, 0) is 42.8 Å². The van der Waals surface area contributed by atoms with Crippen molar-refractivity contribution in [3.05, 3.63) is 102 Å². The van der Waals surface area contributed by atoms with E-state index >= 15 is 0 Å². The van der Waals surface area contributed by atoms with Gasteiger partial charge in [0.2, 0.25) is 10.0 Å². The maximum atomic E-state index is 12.8. The van der Waals surface area contributed by atoms with Crippen molar-refractivity contribution in [3.8, 4) is 0 Å². The van der Waals surface area contributed by atoms with E-state index < -0.39 is 16.1 Å². The number of carbonyl (C=O) groups is 1. The van der Waals surface area contributed by atoms with Crippen LogP contribution >= 0.6 is 0 Å². The number of benzene rings is 2. The summed E-state index contributed by atoms with van der Waals surface area (Å²) in [6.07, 6.45) is 3.72. The van der Waals surface area contributed by atoms with Gasteiger partial charge in [-0.25, -0.2) is 18.1 Å². The topological polar surface area (TPSA) is 92.6 Å². The maximum Gasteiger partial charge on any atom is 0.251 e. The van der Waals surface area contributed by atoms with Crippen molar-refractivity contribution in [1.29, 1.82) is 0 Å². The number of carbonyl (C=O) groups excluding carboxylic acids is 1. The number of sulfonamides is 1. The summed E-state index contributed by atoms with van der Waals surface area (Å²) < 4.78 is 30.2. The molecule has 0 radical (unpaired) electrons. The fourth-order valence-corrected chi connectivity index (χ4v) is 4.54. The smallest absolute Gasteiger partial charge is 0.251 e. The van der Waals surface area contributed by atoms with Crippen molar-refractivity contribution in [2.45, 2.75) is 24.4 Å². The second kappa shape index (κ2) is 8.71. The Balaban J connectivity index is 1.45. The van der Waals surface area contributed by atoms with Crippen LogP contribution < -0.4 is 10.0 Å². The molecule has 0 aliphatic rings. The lowest BCUT2D eigenvalue weighted by atomic mass is 10.1. The molecule has 0 fully saturated rings. The number of amides is 1. The molecule has 0 unspecified atom stereocenters. The fourth-order valence-electron chi connectivity index (χ4n) is 3.26. The van der Waals surface area contributed by atoms with E-state index in [0.29, 0.717) is 5.69 Å². The van der Waals surface area contributed by atoms with Crippen molar-refractivity contribution in [3.63, 3.8) is 0 Å². The molecule has 2 aromatic carbocycles. The lowest BCUT2D eigenvalue weighted by molar-refractivity contribution is 0.0950. The average Bonchev–Trinajstić information content (AvgIpc) is 3.21. The molecular formula is C23H22N4O3S. The summed E-state index contributed by atoms with van der Waals surface area (Å²) in [4.78, 5) is 17.1. The highest BCUT2D eigenvalue weighted by molar-refractivity contribution is 7.89. The Morgan fingerprint density at radius 3 is 2.58 bits per heavy atom. The number of aromatic nitrogens is 2. The van der Waals surface area contributed by atoms with Crippen molar-refractivity contribution in [2.24, 2.45) is 0 Å². The molecule has 7 nitrogen and oxygen atoms in total. The molecule has 0 bridgehead atoms. The molecule has 0 saturated heterocycles. The standard InChI is InChI=1S/C23H22N4O3S/c1-17(18-8-3-2-4-9-18)26-31(29,30)21-11-7-10-19(14-21)23(28)24-15-20-16-27-13-6-5-12-22(27)25-20/h2-14,16-17,26H,15H2,1H3,(H,24,28)/t17-/m1/s1. The quantitative estimate of drug-likeness (QED) is 0.467. The van der Waals surface area contributed by atoms with E-state index in [-0.39, 0.29) is 22.9 Å². The normalized spacial score (nSPS) is 12.5. The van der Waals surface area contributed by atoms with Gasteiger partial charge in [-0.1, -0.05) is 42.5 Å². The number of nitrogens with zero attached hydrogens (tertiary/aromatic N) is 2. The maximum absolute atomic E-state index is 12.8. The van der Waals surface area contributed by atoms with Gasteiger partial charge >= 0.3 is 0 Å². The molecule has 4 aromatic rings. The SMILES string of the molecule is C[C@@H](NS(=O)(=O)c1cccc(C(=O)NCc2cn3ccccc3n2)c1)c1ccccc1. The van der Waals surface area contributed by atoms with E-state index in [1.807, 2.05) is 65.3 Å². The van der Waals surface area contributed by atoms with Crippen LogP contribution in [0.4, 0.5) is 0 Å². The van der Waals surface area contributed by atoms with E-state index in [2.05, 4.69) is 15.0 Å². The number of fused-ring (bicyclic) bond motifs is 1. The summed E-state index contributed by atoms with van der Waals surface area (Å²) in [6.45, 7) is 2.01. The number of nitrogens with one attached hydrogen (secondary N) is 2. The van der Waals surface area contributed by atoms with Gasteiger partial charge in [-0.3, -0.25) is 4.79 Å². The van der Waals surface area contributed by atoms with Crippen LogP contribution in [0.2, 0.25) is 0 Å². The van der Waals surface area contributed by atoms with Crippen molar-refractivity contribution < 1.29 is 13.2 Å². The molecule has 2 aromatic heterocycles. The largest absolute Gasteiger partial charge is 0.346 e. The first-order valence-corrected chi connectivity index (χ1v) is 11.3. The highest BCUT2D eigenvalue weighted by Crippen LogP contribution is 2.18. The molecule has 1 amide bonds. The first-order chi connectivity index (χ1) is 14.9. The van der Waals surface area contributed by atoms with Gasteiger partial charge in [0, 0.05) is 24.0 Å². The molecular weight excluding hydrogens is 412 g/mol. The Morgan fingerprint density at radius 1 is 1.03 bits per heavy atom. The Labute approximate surface area is 180 Å². The molecule has 2 heterocycles. The van der Waals surface area contributed by atoms with E-state index in [4.69, 9.17) is 0 Å². The molecule has 2 N–H and O–H groups in total. The lowest BCUT2D eigenvalue weighted by Gasteiger charge is -2.15. The van der Waals surface area contributed by atoms with E-state index in [1.54, 1.807) is 19.1 Å². The highest BCUT2D eigenvalue weighted by Gasteiger charge is 2.20. The van der Waals surface area contributed by atoms with Crippen LogP contribution in [0.3, 0.4) is 0 Å². The number of rotatable bonds is 7. The molecule has 31 heavy (non-hydrogen) atoms. The van der Waals surface area contributed by atoms with Gasteiger partial charge in [-0.15, -0.1) is 0 Å². The minimum absolute atomic E-state index is 0.0376. The Kier molecular flexibility index (Phi) is 5.83. The molecule has 0 spiro atoms. The van der Waals surface area contributed by atoms with Crippen LogP contribution in [0.5, 0.6) is 0 Å². The van der Waals surface area contributed by atoms with Gasteiger partial charge < -0.3 is 9.72 Å². The van der Waals surface area contributed by atoms with Crippen LogP contribution in [0, 0.1) is 0 Å². The predicted octanol–water partition coefficient (Wildman–Crippen LogP) is 3.30. The summed E-state index contributed by atoms with van der Waals surface area (Å²) in [5, 5.41) is 2.79. The van der Waals surface area contributed by atoms with Crippen molar-refractivity contribution >= 4 is 21.6 Å². The third kappa shape index (κ3) is 4.82. The molecule has 8 heteroatoms. The number of hydrogen-bond acceptors (Lipinski definition) is 4. The zero-order chi connectivity index (χ0) is 21.8. The molecule has 1 atom stereocenters. The second-order valence-corrected chi connectivity index (χ2v) is 8.88. The summed E-state index contributed by atoms with van der Waals surface area (Å²) in [5.41, 5.74) is 2.62. The fraction of sp³-hybridized carbons (Fsp3) is 0.130. The average molecular weight is 435 g/mol. The summed E-state index contributed by atoms with van der Waals surface area (Å²) in [6, 6.07) is 20.5. The number of hydrogen-bond donors (Lipinski definition) is 2. The lowest BCUT2D eigenvalue weighted by Crippen LogP contribution is -2.27. The predicted molar refractivity (Wildman–Crippen MR) is 118 cm³/mol. The third-order valence-electron chi connectivity index (χ3n) is 4.88. The molecule has 0 aliphatic heterocycles. The zero-order valence-electron chi connectivity index (χ0n) is 16.9. The summed E-state index contributed by atoms with van der Waals surface area (Å²) in [7, 11) is -3.79. The number of pyridine rings is 1. The second-order valence-electron chi connectivity index (χ2n) is 7.16. The summed E-state index contributed by atoms with van der Waals surface area (Å²) >= 11 is 0. The zero-order valence-corrected chi connectivity index (χ0v) is 17.7. The van der Waals surface area contributed by atoms with Crippen molar-refractivity contribution in [1.82, 2.24) is 19.4 Å². The first-order valence-electron chi connectivity index (χ1n) is 9.80. The first kappa shape index (κ1) is 20.8. The third-order valence-corrected chi connectivity index (χ3v) is 6.42. The minimum atomic E-state index is -3.79. The van der Waals surface area contributed by atoms with Crippen LogP contribution in [0.15, 0.2) is 90.1 Å². The van der Waals surface area contributed by atoms with E-state index in [9.17, 15) is 13.2 Å². The monoisotopic (exact) mass is 434 g/mol. The highest BCUT2D eigenvalue weighted by atomic mass is 32.2. The molecule has 0 saturated carbocycles.